The summed E-state index contributed by atoms with van der Waals surface area (Å²) in [7, 11) is 0. The number of carbonyl (C=O) groups excluding carboxylic acids is 1. The summed E-state index contributed by atoms with van der Waals surface area (Å²) in [5.41, 5.74) is 3.83. The van der Waals surface area contributed by atoms with Crippen LogP contribution in [0.4, 0.5) is 0 Å². The fourth-order valence-electron chi connectivity index (χ4n) is 2.82. The van der Waals surface area contributed by atoms with Gasteiger partial charge in [0.25, 0.3) is 0 Å². The number of hydrogen-bond acceptors (Lipinski definition) is 2. The molecule has 1 aromatic heterocycles. The minimum Gasteiger partial charge on any atom is -0.299 e. The zero-order valence-corrected chi connectivity index (χ0v) is 10.9. The molecule has 1 unspecified atom stereocenters. The van der Waals surface area contributed by atoms with Crippen LogP contribution in [0.1, 0.15) is 23.1 Å². The molecule has 0 amide bonds. The van der Waals surface area contributed by atoms with Gasteiger partial charge in [0.1, 0.15) is 5.78 Å². The first-order valence-corrected chi connectivity index (χ1v) is 6.81. The van der Waals surface area contributed by atoms with Gasteiger partial charge in [-0.2, -0.15) is 0 Å². The average Bonchev–Trinajstić information content (AvgIpc) is 2.48. The smallest absolute Gasteiger partial charge is 0.140 e. The Morgan fingerprint density at radius 1 is 1.11 bits per heavy atom. The van der Waals surface area contributed by atoms with E-state index in [-0.39, 0.29) is 5.92 Å². The highest BCUT2D eigenvalue weighted by molar-refractivity contribution is 5.83. The first kappa shape index (κ1) is 12.1. The zero-order valence-electron chi connectivity index (χ0n) is 10.9. The number of nitrogens with zero attached hydrogens (tertiary/aromatic N) is 1. The number of aryl methyl sites for hydroxylation is 1. The number of aromatic nitrogens is 1. The summed E-state index contributed by atoms with van der Waals surface area (Å²) in [6.07, 6.45) is 6.96. The van der Waals surface area contributed by atoms with Gasteiger partial charge in [-0.15, -0.1) is 0 Å². The molecule has 1 aromatic carbocycles. The molecular weight excluding hydrogens is 234 g/mol. The highest BCUT2D eigenvalue weighted by Crippen LogP contribution is 2.26. The van der Waals surface area contributed by atoms with Gasteiger partial charge in [-0.05, 0) is 48.1 Å². The van der Waals surface area contributed by atoms with Crippen LogP contribution in [0.3, 0.4) is 0 Å². The van der Waals surface area contributed by atoms with Crippen molar-refractivity contribution in [1.29, 1.82) is 0 Å². The van der Waals surface area contributed by atoms with Crippen LogP contribution in [0.2, 0.25) is 0 Å². The number of carbonyl (C=O) groups is 1. The molecule has 0 bridgehead atoms. The quantitative estimate of drug-likeness (QED) is 0.839. The van der Waals surface area contributed by atoms with Crippen molar-refractivity contribution in [3.63, 3.8) is 0 Å². The second kappa shape index (κ2) is 5.35. The molecule has 2 heteroatoms. The fourth-order valence-corrected chi connectivity index (χ4v) is 2.82. The molecule has 0 spiro atoms. The Kier molecular flexibility index (Phi) is 3.41. The molecule has 0 aliphatic heterocycles. The Morgan fingerprint density at radius 2 is 1.84 bits per heavy atom. The van der Waals surface area contributed by atoms with Crippen molar-refractivity contribution in [3.05, 3.63) is 65.5 Å². The van der Waals surface area contributed by atoms with E-state index in [1.54, 1.807) is 12.4 Å². The summed E-state index contributed by atoms with van der Waals surface area (Å²) < 4.78 is 0. The van der Waals surface area contributed by atoms with Crippen LogP contribution in [0.5, 0.6) is 0 Å². The van der Waals surface area contributed by atoms with Crippen molar-refractivity contribution in [1.82, 2.24) is 4.98 Å². The molecule has 1 atom stereocenters. The number of benzene rings is 1. The second-order valence-electron chi connectivity index (χ2n) is 5.21. The Hall–Kier alpha value is -1.96. The third-order valence-electron chi connectivity index (χ3n) is 3.93. The number of hydrogen-bond donors (Lipinski definition) is 0. The maximum atomic E-state index is 12.4. The molecule has 2 nitrogen and oxygen atoms in total. The van der Waals surface area contributed by atoms with E-state index in [2.05, 4.69) is 29.2 Å². The highest BCUT2D eigenvalue weighted by Gasteiger charge is 2.24. The van der Waals surface area contributed by atoms with Gasteiger partial charge in [0.05, 0.1) is 0 Å². The lowest BCUT2D eigenvalue weighted by molar-refractivity contribution is -0.122. The van der Waals surface area contributed by atoms with E-state index in [9.17, 15) is 4.79 Å². The Morgan fingerprint density at radius 3 is 2.63 bits per heavy atom. The summed E-state index contributed by atoms with van der Waals surface area (Å²) >= 11 is 0. The predicted octanol–water partition coefficient (Wildman–Crippen LogP) is 3.00. The van der Waals surface area contributed by atoms with Crippen molar-refractivity contribution in [2.75, 3.05) is 0 Å². The molecule has 96 valence electrons. The maximum Gasteiger partial charge on any atom is 0.140 e. The molecule has 0 saturated heterocycles. The van der Waals surface area contributed by atoms with Gasteiger partial charge in [0.15, 0.2) is 0 Å². The van der Waals surface area contributed by atoms with Crippen LogP contribution in [-0.2, 0) is 24.1 Å². The lowest BCUT2D eigenvalue weighted by Crippen LogP contribution is -2.24. The molecule has 0 fully saturated rings. The topological polar surface area (TPSA) is 30.0 Å². The summed E-state index contributed by atoms with van der Waals surface area (Å²) in [5.74, 6) is 0.545. The molecular formula is C17H17NO. The lowest BCUT2D eigenvalue weighted by atomic mass is 9.80. The third kappa shape index (κ3) is 2.73. The summed E-state index contributed by atoms with van der Waals surface area (Å²) in [6, 6.07) is 12.3. The van der Waals surface area contributed by atoms with E-state index < -0.39 is 0 Å². The van der Waals surface area contributed by atoms with Crippen LogP contribution < -0.4 is 0 Å². The van der Waals surface area contributed by atoms with Crippen molar-refractivity contribution in [2.24, 2.45) is 5.92 Å². The number of fused-ring (bicyclic) bond motifs is 1. The van der Waals surface area contributed by atoms with Crippen LogP contribution in [0.25, 0.3) is 0 Å². The van der Waals surface area contributed by atoms with Crippen molar-refractivity contribution < 1.29 is 4.79 Å². The number of rotatable bonds is 3. The molecule has 2 aromatic rings. The summed E-state index contributed by atoms with van der Waals surface area (Å²) in [6.45, 7) is 0. The molecule has 3 rings (SSSR count). The maximum absolute atomic E-state index is 12.4. The summed E-state index contributed by atoms with van der Waals surface area (Å²) in [4.78, 5) is 16.3. The van der Waals surface area contributed by atoms with Crippen LogP contribution in [0, 0.1) is 5.92 Å². The fraction of sp³-hybridized carbons (Fsp3) is 0.294. The van der Waals surface area contributed by atoms with Crippen LogP contribution in [0.15, 0.2) is 48.8 Å². The van der Waals surface area contributed by atoms with E-state index in [1.165, 1.54) is 11.1 Å². The minimum atomic E-state index is 0.183. The molecule has 0 saturated carbocycles. The van der Waals surface area contributed by atoms with Gasteiger partial charge in [0.2, 0.25) is 0 Å². The van der Waals surface area contributed by atoms with Gasteiger partial charge in [-0.25, -0.2) is 0 Å². The van der Waals surface area contributed by atoms with E-state index in [0.717, 1.165) is 24.8 Å². The molecule has 19 heavy (non-hydrogen) atoms. The molecule has 0 radical (unpaired) electrons. The molecule has 1 aliphatic rings. The SMILES string of the molecule is O=C(Cc1ccncc1)C1CCc2ccccc2C1. The standard InChI is InChI=1S/C17H17NO/c19-17(11-13-7-9-18-10-8-13)16-6-5-14-3-1-2-4-15(14)12-16/h1-4,7-10,16H,5-6,11-12H2. The number of pyridine rings is 1. The van der Waals surface area contributed by atoms with Gasteiger partial charge in [-0.3, -0.25) is 9.78 Å². The first-order valence-electron chi connectivity index (χ1n) is 6.81. The lowest BCUT2D eigenvalue weighted by Gasteiger charge is -2.23. The molecule has 0 N–H and O–H groups in total. The van der Waals surface area contributed by atoms with E-state index in [4.69, 9.17) is 0 Å². The van der Waals surface area contributed by atoms with E-state index >= 15 is 0 Å². The first-order chi connectivity index (χ1) is 9.33. The van der Waals surface area contributed by atoms with Crippen molar-refractivity contribution in [3.8, 4) is 0 Å². The summed E-state index contributed by atoms with van der Waals surface area (Å²) in [5, 5.41) is 0. The van der Waals surface area contributed by atoms with Gasteiger partial charge in [-0.1, -0.05) is 24.3 Å². The average molecular weight is 251 g/mol. The Bertz CT molecular complexity index is 577. The minimum absolute atomic E-state index is 0.183. The third-order valence-corrected chi connectivity index (χ3v) is 3.93. The largest absolute Gasteiger partial charge is 0.299 e. The van der Waals surface area contributed by atoms with Gasteiger partial charge < -0.3 is 0 Å². The van der Waals surface area contributed by atoms with Gasteiger partial charge in [0, 0.05) is 24.7 Å². The van der Waals surface area contributed by atoms with E-state index in [0.29, 0.717) is 12.2 Å². The molecule has 1 aliphatic carbocycles. The van der Waals surface area contributed by atoms with Gasteiger partial charge >= 0.3 is 0 Å². The number of ketones is 1. The second-order valence-corrected chi connectivity index (χ2v) is 5.21. The predicted molar refractivity (Wildman–Crippen MR) is 74.9 cm³/mol. The van der Waals surface area contributed by atoms with Crippen molar-refractivity contribution >= 4 is 5.78 Å². The van der Waals surface area contributed by atoms with Crippen LogP contribution in [-0.4, -0.2) is 10.8 Å². The normalized spacial score (nSPS) is 17.8. The van der Waals surface area contributed by atoms with Crippen LogP contribution >= 0.6 is 0 Å². The van der Waals surface area contributed by atoms with Crippen molar-refractivity contribution in [2.45, 2.75) is 25.7 Å². The Balaban J connectivity index is 1.70. The zero-order chi connectivity index (χ0) is 13.1. The molecule has 1 heterocycles. The number of Topliss-reactive ketones (excluding diaryl/α,β-unsaturated/α-hetero) is 1. The van der Waals surface area contributed by atoms with E-state index in [1.807, 2.05) is 12.1 Å². The highest BCUT2D eigenvalue weighted by atomic mass is 16.1. The monoisotopic (exact) mass is 251 g/mol. The Labute approximate surface area is 113 Å².